The van der Waals surface area contributed by atoms with Gasteiger partial charge in [-0.2, -0.15) is 0 Å². The van der Waals surface area contributed by atoms with Crippen LogP contribution in [-0.4, -0.2) is 24.9 Å². The summed E-state index contributed by atoms with van der Waals surface area (Å²) in [6, 6.07) is 6.22. The second-order valence-corrected chi connectivity index (χ2v) is 6.06. The Hall–Kier alpha value is -2.03. The SMILES string of the molecule is C=CCN=CCC.CCOc1ccc2c(c1)C(C)=CC(C)(C)N2. The van der Waals surface area contributed by atoms with Crippen molar-refractivity contribution in [1.29, 1.82) is 0 Å². The lowest BCUT2D eigenvalue weighted by molar-refractivity contribution is 0.340. The molecule has 1 aromatic carbocycles. The lowest BCUT2D eigenvalue weighted by atomic mass is 9.91. The third-order valence-corrected chi connectivity index (χ3v) is 3.31. The van der Waals surface area contributed by atoms with Crippen LogP contribution in [0.3, 0.4) is 0 Å². The summed E-state index contributed by atoms with van der Waals surface area (Å²) in [7, 11) is 0. The van der Waals surface area contributed by atoms with Gasteiger partial charge in [-0.05, 0) is 64.1 Å². The van der Waals surface area contributed by atoms with E-state index in [4.69, 9.17) is 4.74 Å². The molecule has 0 fully saturated rings. The fourth-order valence-electron chi connectivity index (χ4n) is 2.50. The molecule has 126 valence electrons. The fraction of sp³-hybridized carbons (Fsp3) is 0.450. The Morgan fingerprint density at radius 3 is 2.65 bits per heavy atom. The van der Waals surface area contributed by atoms with Gasteiger partial charge in [0.15, 0.2) is 0 Å². The average molecular weight is 314 g/mol. The predicted molar refractivity (Wildman–Crippen MR) is 103 cm³/mol. The van der Waals surface area contributed by atoms with Gasteiger partial charge in [0.05, 0.1) is 18.7 Å². The molecule has 0 aliphatic carbocycles. The third-order valence-electron chi connectivity index (χ3n) is 3.31. The molecule has 0 atom stereocenters. The van der Waals surface area contributed by atoms with Crippen molar-refractivity contribution in [3.63, 3.8) is 0 Å². The van der Waals surface area contributed by atoms with Crippen LogP contribution in [0, 0.1) is 0 Å². The van der Waals surface area contributed by atoms with E-state index >= 15 is 0 Å². The van der Waals surface area contributed by atoms with Gasteiger partial charge < -0.3 is 10.1 Å². The molecule has 0 unspecified atom stereocenters. The van der Waals surface area contributed by atoms with Gasteiger partial charge in [-0.3, -0.25) is 4.99 Å². The highest BCUT2D eigenvalue weighted by molar-refractivity contribution is 5.80. The summed E-state index contributed by atoms with van der Waals surface area (Å²) in [6.07, 6.45) is 6.95. The summed E-state index contributed by atoms with van der Waals surface area (Å²) in [6.45, 7) is 15.6. The summed E-state index contributed by atoms with van der Waals surface area (Å²) in [5.41, 5.74) is 3.77. The molecule has 0 saturated carbocycles. The number of ether oxygens (including phenoxy) is 1. The smallest absolute Gasteiger partial charge is 0.120 e. The van der Waals surface area contributed by atoms with E-state index in [-0.39, 0.29) is 5.54 Å². The molecule has 0 bridgehead atoms. The van der Waals surface area contributed by atoms with Crippen LogP contribution in [0.5, 0.6) is 5.75 Å². The summed E-state index contributed by atoms with van der Waals surface area (Å²) >= 11 is 0. The number of fused-ring (bicyclic) bond motifs is 1. The second-order valence-electron chi connectivity index (χ2n) is 6.06. The lowest BCUT2D eigenvalue weighted by Gasteiger charge is -2.31. The molecule has 0 radical (unpaired) electrons. The predicted octanol–water partition coefficient (Wildman–Crippen LogP) is 5.35. The molecule has 1 N–H and O–H groups in total. The van der Waals surface area contributed by atoms with E-state index in [2.05, 4.69) is 62.8 Å². The van der Waals surface area contributed by atoms with E-state index < -0.39 is 0 Å². The molecular weight excluding hydrogens is 284 g/mol. The first-order valence-electron chi connectivity index (χ1n) is 8.27. The monoisotopic (exact) mass is 314 g/mol. The summed E-state index contributed by atoms with van der Waals surface area (Å²) in [4.78, 5) is 3.97. The Morgan fingerprint density at radius 1 is 1.30 bits per heavy atom. The number of anilines is 1. The van der Waals surface area contributed by atoms with Crippen molar-refractivity contribution in [2.24, 2.45) is 4.99 Å². The number of hydrogen-bond acceptors (Lipinski definition) is 3. The van der Waals surface area contributed by atoms with Crippen LogP contribution in [0.2, 0.25) is 0 Å². The van der Waals surface area contributed by atoms with Crippen LogP contribution < -0.4 is 10.1 Å². The molecule has 2 rings (SSSR count). The highest BCUT2D eigenvalue weighted by Crippen LogP contribution is 2.35. The van der Waals surface area contributed by atoms with Crippen molar-refractivity contribution < 1.29 is 4.74 Å². The van der Waals surface area contributed by atoms with E-state index in [0.29, 0.717) is 6.61 Å². The van der Waals surface area contributed by atoms with Crippen molar-refractivity contribution >= 4 is 17.5 Å². The number of benzene rings is 1. The number of nitrogens with one attached hydrogen (secondary N) is 1. The van der Waals surface area contributed by atoms with Crippen LogP contribution in [-0.2, 0) is 0 Å². The van der Waals surface area contributed by atoms with Crippen molar-refractivity contribution in [1.82, 2.24) is 0 Å². The van der Waals surface area contributed by atoms with E-state index in [1.54, 1.807) is 6.08 Å². The van der Waals surface area contributed by atoms with Gasteiger partial charge >= 0.3 is 0 Å². The number of allylic oxidation sites excluding steroid dienone is 1. The first kappa shape index (κ1) is 19.0. The maximum Gasteiger partial charge on any atom is 0.120 e. The standard InChI is InChI=1S/C14H19NO.C6H11N/c1-5-16-11-6-7-13-12(8-11)10(2)9-14(3,4)15-13;1-3-5-7-6-4-2/h6-9,15H,5H2,1-4H3;3,6H,1,4-5H2,2H3. The fourth-order valence-corrected chi connectivity index (χ4v) is 2.50. The first-order valence-corrected chi connectivity index (χ1v) is 8.27. The topological polar surface area (TPSA) is 33.6 Å². The van der Waals surface area contributed by atoms with Gasteiger partial charge in [0.1, 0.15) is 5.75 Å². The zero-order valence-electron chi connectivity index (χ0n) is 15.1. The number of rotatable bonds is 5. The minimum atomic E-state index is 0.0320. The highest BCUT2D eigenvalue weighted by atomic mass is 16.5. The molecule has 0 amide bonds. The number of hydrogen-bond donors (Lipinski definition) is 1. The molecule has 3 heteroatoms. The summed E-state index contributed by atoms with van der Waals surface area (Å²) < 4.78 is 5.52. The van der Waals surface area contributed by atoms with Crippen LogP contribution in [0.1, 0.15) is 46.6 Å². The maximum absolute atomic E-state index is 5.52. The normalized spacial score (nSPS) is 14.9. The lowest BCUT2D eigenvalue weighted by Crippen LogP contribution is -2.31. The molecule has 3 nitrogen and oxygen atoms in total. The van der Waals surface area contributed by atoms with Gasteiger partial charge in [0.25, 0.3) is 0 Å². The van der Waals surface area contributed by atoms with Crippen LogP contribution in [0.4, 0.5) is 5.69 Å². The van der Waals surface area contributed by atoms with E-state index in [1.165, 1.54) is 16.8 Å². The average Bonchev–Trinajstić information content (AvgIpc) is 2.48. The Bertz CT molecular complexity index is 571. The van der Waals surface area contributed by atoms with Crippen LogP contribution in [0.25, 0.3) is 5.57 Å². The molecule has 1 heterocycles. The Kier molecular flexibility index (Phi) is 7.60. The zero-order chi connectivity index (χ0) is 17.3. The van der Waals surface area contributed by atoms with E-state index in [0.717, 1.165) is 18.7 Å². The van der Waals surface area contributed by atoms with Crippen LogP contribution >= 0.6 is 0 Å². The number of aliphatic imine (C=N–C) groups is 1. The second kappa shape index (κ2) is 9.19. The third kappa shape index (κ3) is 6.31. The maximum atomic E-state index is 5.52. The van der Waals surface area contributed by atoms with Crippen LogP contribution in [0.15, 0.2) is 41.9 Å². The molecule has 1 aromatic rings. The Labute approximate surface area is 141 Å². The van der Waals surface area contributed by atoms with Gasteiger partial charge in [0.2, 0.25) is 0 Å². The van der Waals surface area contributed by atoms with Gasteiger partial charge in [-0.25, -0.2) is 0 Å². The zero-order valence-corrected chi connectivity index (χ0v) is 15.1. The minimum absolute atomic E-state index is 0.0320. The van der Waals surface area contributed by atoms with E-state index in [1.807, 2.05) is 19.2 Å². The molecule has 0 saturated heterocycles. The van der Waals surface area contributed by atoms with Gasteiger partial charge in [-0.1, -0.05) is 19.1 Å². The molecule has 0 spiro atoms. The largest absolute Gasteiger partial charge is 0.494 e. The van der Waals surface area contributed by atoms with Crippen molar-refractivity contribution in [2.45, 2.75) is 46.6 Å². The van der Waals surface area contributed by atoms with Gasteiger partial charge in [-0.15, -0.1) is 6.58 Å². The van der Waals surface area contributed by atoms with E-state index in [9.17, 15) is 0 Å². The minimum Gasteiger partial charge on any atom is -0.494 e. The quantitative estimate of drug-likeness (QED) is 0.587. The number of nitrogens with zero attached hydrogens (tertiary/aromatic N) is 1. The van der Waals surface area contributed by atoms with Crippen molar-refractivity contribution in [3.05, 3.63) is 42.5 Å². The summed E-state index contributed by atoms with van der Waals surface area (Å²) in [5, 5.41) is 3.50. The molecule has 1 aliphatic rings. The van der Waals surface area contributed by atoms with Gasteiger partial charge in [0, 0.05) is 11.3 Å². The molecule has 1 aliphatic heterocycles. The molecule has 23 heavy (non-hydrogen) atoms. The van der Waals surface area contributed by atoms with Crippen molar-refractivity contribution in [3.8, 4) is 5.75 Å². The Morgan fingerprint density at radius 2 is 2.04 bits per heavy atom. The Balaban J connectivity index is 0.000000322. The van der Waals surface area contributed by atoms with Crippen molar-refractivity contribution in [2.75, 3.05) is 18.5 Å². The molecular formula is C20H30N2O. The highest BCUT2D eigenvalue weighted by Gasteiger charge is 2.22. The first-order chi connectivity index (χ1) is 10.9. The summed E-state index contributed by atoms with van der Waals surface area (Å²) in [5.74, 6) is 0.940. The molecule has 0 aromatic heterocycles.